The minimum Gasteiger partial charge on any atom is -0.496 e. The van der Waals surface area contributed by atoms with Gasteiger partial charge in [-0.3, -0.25) is 9.78 Å². The Morgan fingerprint density at radius 2 is 1.71 bits per heavy atom. The van der Waals surface area contributed by atoms with Gasteiger partial charge in [-0.1, -0.05) is 36.4 Å². The summed E-state index contributed by atoms with van der Waals surface area (Å²) < 4.78 is 5.48. The molecule has 0 N–H and O–H groups in total. The summed E-state index contributed by atoms with van der Waals surface area (Å²) in [5.74, 6) is 0.726. The van der Waals surface area contributed by atoms with Crippen molar-refractivity contribution in [2.45, 2.75) is 6.54 Å². The summed E-state index contributed by atoms with van der Waals surface area (Å²) in [6.07, 6.45) is 1.69. The lowest BCUT2D eigenvalue weighted by Gasteiger charge is -2.15. The minimum absolute atomic E-state index is 0.0621. The molecule has 4 rings (SSSR count). The van der Waals surface area contributed by atoms with Crippen LogP contribution in [0.3, 0.4) is 0 Å². The van der Waals surface area contributed by atoms with E-state index in [4.69, 9.17) is 4.74 Å². The Kier molecular flexibility index (Phi) is 3.50. The molecule has 2 heterocycles. The molecule has 0 spiro atoms. The van der Waals surface area contributed by atoms with Gasteiger partial charge in [-0.2, -0.15) is 0 Å². The number of para-hydroxylation sites is 2. The third-order valence-electron chi connectivity index (χ3n) is 4.28. The molecular formula is C20H16N2O2. The van der Waals surface area contributed by atoms with Crippen molar-refractivity contribution in [2.24, 2.45) is 0 Å². The first-order valence-electron chi connectivity index (χ1n) is 7.78. The van der Waals surface area contributed by atoms with Crippen LogP contribution in [0.1, 0.15) is 16.1 Å². The zero-order chi connectivity index (χ0) is 16.5. The Morgan fingerprint density at radius 1 is 0.958 bits per heavy atom. The van der Waals surface area contributed by atoms with Crippen LogP contribution in [0, 0.1) is 0 Å². The highest BCUT2D eigenvalue weighted by molar-refractivity contribution is 6.10. The second-order valence-corrected chi connectivity index (χ2v) is 5.61. The average molecular weight is 316 g/mol. The highest BCUT2D eigenvalue weighted by Crippen LogP contribution is 2.37. The van der Waals surface area contributed by atoms with Crippen LogP contribution in [-0.4, -0.2) is 18.0 Å². The first-order valence-corrected chi connectivity index (χ1v) is 7.78. The molecule has 0 atom stereocenters. The second kappa shape index (κ2) is 5.81. The first-order chi connectivity index (χ1) is 11.8. The van der Waals surface area contributed by atoms with Crippen molar-refractivity contribution in [1.82, 2.24) is 4.98 Å². The SMILES string of the molecule is COc1ccccc1-c1ccnc2c1CN(c1ccccc1)C2=O. The number of pyridine rings is 1. The van der Waals surface area contributed by atoms with E-state index < -0.39 is 0 Å². The van der Waals surface area contributed by atoms with Crippen LogP contribution in [0.15, 0.2) is 66.9 Å². The molecule has 1 aliphatic heterocycles. The van der Waals surface area contributed by atoms with Crippen LogP contribution >= 0.6 is 0 Å². The Labute approximate surface area is 140 Å². The van der Waals surface area contributed by atoms with Crippen molar-refractivity contribution >= 4 is 11.6 Å². The number of methoxy groups -OCH3 is 1. The maximum absolute atomic E-state index is 12.8. The summed E-state index contributed by atoms with van der Waals surface area (Å²) in [5, 5.41) is 0. The molecule has 1 aliphatic rings. The van der Waals surface area contributed by atoms with Gasteiger partial charge in [0.15, 0.2) is 0 Å². The molecule has 0 radical (unpaired) electrons. The fourth-order valence-corrected chi connectivity index (χ4v) is 3.13. The van der Waals surface area contributed by atoms with E-state index in [0.717, 1.165) is 28.1 Å². The number of hydrogen-bond acceptors (Lipinski definition) is 3. The predicted octanol–water partition coefficient (Wildman–Crippen LogP) is 3.92. The number of carbonyl (C=O) groups excluding carboxylic acids is 1. The highest BCUT2D eigenvalue weighted by atomic mass is 16.5. The molecule has 0 aliphatic carbocycles. The van der Waals surface area contributed by atoms with Gasteiger partial charge in [0.25, 0.3) is 5.91 Å². The quantitative estimate of drug-likeness (QED) is 0.735. The number of benzene rings is 2. The number of nitrogens with zero attached hydrogens (tertiary/aromatic N) is 2. The zero-order valence-electron chi connectivity index (χ0n) is 13.3. The van der Waals surface area contributed by atoms with E-state index in [9.17, 15) is 4.79 Å². The van der Waals surface area contributed by atoms with Gasteiger partial charge in [0.2, 0.25) is 0 Å². The highest BCUT2D eigenvalue weighted by Gasteiger charge is 2.32. The Bertz CT molecular complexity index is 907. The van der Waals surface area contributed by atoms with E-state index in [-0.39, 0.29) is 5.91 Å². The van der Waals surface area contributed by atoms with Gasteiger partial charge in [-0.25, -0.2) is 0 Å². The molecule has 0 fully saturated rings. The van der Waals surface area contributed by atoms with E-state index in [2.05, 4.69) is 4.98 Å². The third kappa shape index (κ3) is 2.24. The number of anilines is 1. The molecule has 0 unspecified atom stereocenters. The van der Waals surface area contributed by atoms with Gasteiger partial charge in [-0.15, -0.1) is 0 Å². The van der Waals surface area contributed by atoms with Crippen LogP contribution in [0.4, 0.5) is 5.69 Å². The minimum atomic E-state index is -0.0621. The van der Waals surface area contributed by atoms with Crippen molar-refractivity contribution in [2.75, 3.05) is 12.0 Å². The van der Waals surface area contributed by atoms with E-state index >= 15 is 0 Å². The third-order valence-corrected chi connectivity index (χ3v) is 4.28. The fraction of sp³-hybridized carbons (Fsp3) is 0.100. The molecule has 0 saturated carbocycles. The average Bonchev–Trinajstić information content (AvgIpc) is 2.99. The van der Waals surface area contributed by atoms with Crippen LogP contribution in [0.25, 0.3) is 11.1 Å². The maximum Gasteiger partial charge on any atom is 0.277 e. The topological polar surface area (TPSA) is 42.4 Å². The van der Waals surface area contributed by atoms with Crippen LogP contribution in [0.2, 0.25) is 0 Å². The maximum atomic E-state index is 12.8. The molecule has 0 bridgehead atoms. The summed E-state index contributed by atoms with van der Waals surface area (Å²) in [4.78, 5) is 18.9. The molecule has 3 aromatic rings. The first kappa shape index (κ1) is 14.5. The normalized spacial score (nSPS) is 13.0. The van der Waals surface area contributed by atoms with Crippen LogP contribution < -0.4 is 9.64 Å². The number of fused-ring (bicyclic) bond motifs is 1. The Hall–Kier alpha value is -3.14. The standard InChI is InChI=1S/C20H16N2O2/c1-24-18-10-6-5-9-16(18)15-11-12-21-19-17(15)13-22(20(19)23)14-7-3-2-4-8-14/h2-12H,13H2,1H3. The summed E-state index contributed by atoms with van der Waals surface area (Å²) >= 11 is 0. The monoisotopic (exact) mass is 316 g/mol. The lowest BCUT2D eigenvalue weighted by atomic mass is 9.99. The molecule has 1 amide bonds. The molecule has 1 aromatic heterocycles. The molecule has 118 valence electrons. The lowest BCUT2D eigenvalue weighted by Crippen LogP contribution is -2.23. The summed E-state index contributed by atoms with van der Waals surface area (Å²) in [6, 6.07) is 19.5. The second-order valence-electron chi connectivity index (χ2n) is 5.61. The Balaban J connectivity index is 1.83. The van der Waals surface area contributed by atoms with Crippen molar-refractivity contribution in [3.8, 4) is 16.9 Å². The fourth-order valence-electron chi connectivity index (χ4n) is 3.13. The largest absolute Gasteiger partial charge is 0.496 e. The van der Waals surface area contributed by atoms with E-state index in [1.807, 2.05) is 60.7 Å². The van der Waals surface area contributed by atoms with E-state index in [0.29, 0.717) is 12.2 Å². The number of rotatable bonds is 3. The van der Waals surface area contributed by atoms with Gasteiger partial charge in [0, 0.05) is 23.0 Å². The molecular weight excluding hydrogens is 300 g/mol. The van der Waals surface area contributed by atoms with Gasteiger partial charge in [0.05, 0.1) is 13.7 Å². The number of carbonyl (C=O) groups is 1. The van der Waals surface area contributed by atoms with Gasteiger partial charge in [-0.05, 0) is 29.8 Å². The van der Waals surface area contributed by atoms with Crippen molar-refractivity contribution in [1.29, 1.82) is 0 Å². The van der Waals surface area contributed by atoms with Crippen molar-refractivity contribution in [3.63, 3.8) is 0 Å². The van der Waals surface area contributed by atoms with Crippen LogP contribution in [0.5, 0.6) is 5.75 Å². The van der Waals surface area contributed by atoms with Gasteiger partial charge in [0.1, 0.15) is 11.4 Å². The molecule has 24 heavy (non-hydrogen) atoms. The van der Waals surface area contributed by atoms with E-state index in [1.165, 1.54) is 0 Å². The van der Waals surface area contributed by atoms with Crippen molar-refractivity contribution in [3.05, 3.63) is 78.1 Å². The molecule has 4 nitrogen and oxygen atoms in total. The zero-order valence-corrected chi connectivity index (χ0v) is 13.3. The molecule has 4 heteroatoms. The summed E-state index contributed by atoms with van der Waals surface area (Å²) in [5.41, 5.74) is 4.30. The van der Waals surface area contributed by atoms with Gasteiger partial charge < -0.3 is 9.64 Å². The summed E-state index contributed by atoms with van der Waals surface area (Å²) in [7, 11) is 1.65. The number of aromatic nitrogens is 1. The number of amides is 1. The summed E-state index contributed by atoms with van der Waals surface area (Å²) in [6.45, 7) is 0.513. The van der Waals surface area contributed by atoms with Crippen LogP contribution in [-0.2, 0) is 6.54 Å². The smallest absolute Gasteiger partial charge is 0.277 e. The Morgan fingerprint density at radius 3 is 2.50 bits per heavy atom. The van der Waals surface area contributed by atoms with Crippen molar-refractivity contribution < 1.29 is 9.53 Å². The molecule has 0 saturated heterocycles. The lowest BCUT2D eigenvalue weighted by molar-refractivity contribution is 0.0992. The predicted molar refractivity (Wildman–Crippen MR) is 93.2 cm³/mol. The van der Waals surface area contributed by atoms with Gasteiger partial charge >= 0.3 is 0 Å². The molecule has 2 aromatic carbocycles. The number of hydrogen-bond donors (Lipinski definition) is 0. The van der Waals surface area contributed by atoms with E-state index in [1.54, 1.807) is 18.2 Å². The number of ether oxygens (including phenoxy) is 1.